The number of aryl methyl sites for hydroxylation is 2. The predicted octanol–water partition coefficient (Wildman–Crippen LogP) is 3.78. The molecule has 0 aliphatic carbocycles. The molecular weight excluding hydrogens is 328 g/mol. The van der Waals surface area contributed by atoms with Crippen molar-refractivity contribution in [1.29, 1.82) is 0 Å². The number of benzene rings is 1. The number of hydrogen-bond acceptors (Lipinski definition) is 4. The van der Waals surface area contributed by atoms with Crippen molar-refractivity contribution in [3.8, 4) is 5.75 Å². The first-order chi connectivity index (χ1) is 9.01. The Morgan fingerprint density at radius 1 is 1.42 bits per heavy atom. The minimum atomic E-state index is -0.183. The molecule has 0 saturated heterocycles. The Morgan fingerprint density at radius 2 is 2.16 bits per heavy atom. The number of amides is 1. The lowest BCUT2D eigenvalue weighted by Crippen LogP contribution is -2.11. The van der Waals surface area contributed by atoms with Crippen molar-refractivity contribution in [3.05, 3.63) is 38.8 Å². The van der Waals surface area contributed by atoms with E-state index in [1.807, 2.05) is 13.8 Å². The zero-order valence-corrected chi connectivity index (χ0v) is 13.2. The van der Waals surface area contributed by atoms with Crippen LogP contribution in [0.25, 0.3) is 0 Å². The van der Waals surface area contributed by atoms with Gasteiger partial charge in [-0.15, -0.1) is 11.3 Å². The maximum absolute atomic E-state index is 12.1. The maximum atomic E-state index is 12.1. The third kappa shape index (κ3) is 3.13. The molecule has 1 aromatic heterocycles. The van der Waals surface area contributed by atoms with E-state index in [2.05, 4.69) is 26.2 Å². The summed E-state index contributed by atoms with van der Waals surface area (Å²) in [4.78, 5) is 17.5. The Hall–Kier alpha value is -1.40. The molecule has 0 spiro atoms. The molecule has 0 aliphatic heterocycles. The molecule has 6 heteroatoms. The number of aromatic nitrogens is 1. The topological polar surface area (TPSA) is 51.2 Å². The normalized spacial score (nSPS) is 10.3. The molecule has 1 aromatic carbocycles. The number of nitrogens with one attached hydrogen (secondary N) is 1. The highest BCUT2D eigenvalue weighted by Crippen LogP contribution is 2.26. The van der Waals surface area contributed by atoms with Gasteiger partial charge in [0, 0.05) is 10.4 Å². The second kappa shape index (κ2) is 5.71. The molecule has 0 unspecified atom stereocenters. The van der Waals surface area contributed by atoms with E-state index in [4.69, 9.17) is 4.74 Å². The average Bonchev–Trinajstić information content (AvgIpc) is 2.68. The third-order valence-electron chi connectivity index (χ3n) is 2.66. The summed E-state index contributed by atoms with van der Waals surface area (Å²) in [7, 11) is 1.58. The number of halogens is 1. The van der Waals surface area contributed by atoms with E-state index < -0.39 is 0 Å². The third-order valence-corrected chi connectivity index (χ3v) is 4.27. The van der Waals surface area contributed by atoms with Gasteiger partial charge in [-0.3, -0.25) is 10.1 Å². The summed E-state index contributed by atoms with van der Waals surface area (Å²) >= 11 is 4.83. The van der Waals surface area contributed by atoms with Crippen LogP contribution >= 0.6 is 27.3 Å². The van der Waals surface area contributed by atoms with Gasteiger partial charge in [-0.2, -0.15) is 0 Å². The number of methoxy groups -OCH3 is 1. The van der Waals surface area contributed by atoms with E-state index in [1.165, 1.54) is 11.3 Å². The van der Waals surface area contributed by atoms with Crippen molar-refractivity contribution in [1.82, 2.24) is 4.98 Å². The van der Waals surface area contributed by atoms with Gasteiger partial charge >= 0.3 is 0 Å². The zero-order valence-electron chi connectivity index (χ0n) is 10.8. The van der Waals surface area contributed by atoms with Crippen LogP contribution in [-0.2, 0) is 0 Å². The lowest BCUT2D eigenvalue weighted by molar-refractivity contribution is 0.102. The van der Waals surface area contributed by atoms with Gasteiger partial charge < -0.3 is 4.74 Å². The van der Waals surface area contributed by atoms with E-state index in [9.17, 15) is 4.79 Å². The minimum absolute atomic E-state index is 0.183. The van der Waals surface area contributed by atoms with Crippen LogP contribution in [0.1, 0.15) is 20.9 Å². The minimum Gasteiger partial charge on any atom is -0.496 e. The summed E-state index contributed by atoms with van der Waals surface area (Å²) in [6.45, 7) is 3.90. The van der Waals surface area contributed by atoms with Gasteiger partial charge in [0.25, 0.3) is 5.91 Å². The van der Waals surface area contributed by atoms with E-state index in [0.29, 0.717) is 16.4 Å². The first kappa shape index (κ1) is 14.0. The van der Waals surface area contributed by atoms with Crippen LogP contribution in [0.3, 0.4) is 0 Å². The average molecular weight is 341 g/mol. The Kier molecular flexibility index (Phi) is 4.21. The summed E-state index contributed by atoms with van der Waals surface area (Å²) in [5.74, 6) is 0.509. The molecular formula is C13H13BrN2O2S. The van der Waals surface area contributed by atoms with Gasteiger partial charge in [-0.05, 0) is 48.0 Å². The van der Waals surface area contributed by atoms with Gasteiger partial charge in [-0.1, -0.05) is 0 Å². The van der Waals surface area contributed by atoms with Gasteiger partial charge in [0.1, 0.15) is 5.75 Å². The smallest absolute Gasteiger partial charge is 0.257 e. The van der Waals surface area contributed by atoms with Crippen molar-refractivity contribution in [3.63, 3.8) is 0 Å². The SMILES string of the molecule is COc1ccc(C(=O)Nc2nc(C)c(C)s2)cc1Br. The molecule has 1 N–H and O–H groups in total. The molecule has 0 atom stereocenters. The molecule has 2 rings (SSSR count). The van der Waals surface area contributed by atoms with Crippen LogP contribution in [0.15, 0.2) is 22.7 Å². The lowest BCUT2D eigenvalue weighted by atomic mass is 10.2. The van der Waals surface area contributed by atoms with Gasteiger partial charge in [0.05, 0.1) is 17.3 Å². The second-order valence-electron chi connectivity index (χ2n) is 3.96. The maximum Gasteiger partial charge on any atom is 0.257 e. The molecule has 1 amide bonds. The Bertz CT molecular complexity index is 606. The first-order valence-electron chi connectivity index (χ1n) is 5.60. The van der Waals surface area contributed by atoms with Gasteiger partial charge in [0.15, 0.2) is 5.13 Å². The highest BCUT2D eigenvalue weighted by molar-refractivity contribution is 9.10. The fourth-order valence-corrected chi connectivity index (χ4v) is 2.85. The molecule has 2 aromatic rings. The summed E-state index contributed by atoms with van der Waals surface area (Å²) < 4.78 is 5.87. The van der Waals surface area contributed by atoms with Crippen LogP contribution in [0.5, 0.6) is 5.75 Å². The molecule has 0 aliphatic rings. The number of thiazole rings is 1. The number of rotatable bonds is 3. The molecule has 0 fully saturated rings. The van der Waals surface area contributed by atoms with Crippen LogP contribution in [-0.4, -0.2) is 18.0 Å². The van der Waals surface area contributed by atoms with E-state index in [-0.39, 0.29) is 5.91 Å². The van der Waals surface area contributed by atoms with Crippen LogP contribution < -0.4 is 10.1 Å². The molecule has 4 nitrogen and oxygen atoms in total. The number of carbonyl (C=O) groups excluding carboxylic acids is 1. The van der Waals surface area contributed by atoms with Crippen molar-refractivity contribution in [2.75, 3.05) is 12.4 Å². The largest absolute Gasteiger partial charge is 0.496 e. The monoisotopic (exact) mass is 340 g/mol. The molecule has 19 heavy (non-hydrogen) atoms. The Balaban J connectivity index is 2.18. The fourth-order valence-electron chi connectivity index (χ4n) is 1.50. The number of nitrogens with zero attached hydrogens (tertiary/aromatic N) is 1. The summed E-state index contributed by atoms with van der Waals surface area (Å²) in [5, 5.41) is 3.41. The zero-order chi connectivity index (χ0) is 14.0. The van der Waals surface area contributed by atoms with Gasteiger partial charge in [-0.25, -0.2) is 4.98 Å². The first-order valence-corrected chi connectivity index (χ1v) is 7.21. The molecule has 0 bridgehead atoms. The number of ether oxygens (including phenoxy) is 1. The van der Waals surface area contributed by atoms with Crippen molar-refractivity contribution in [2.45, 2.75) is 13.8 Å². The lowest BCUT2D eigenvalue weighted by Gasteiger charge is -2.06. The number of anilines is 1. The number of carbonyl (C=O) groups is 1. The standard InChI is InChI=1S/C13H13BrN2O2S/c1-7-8(2)19-13(15-7)16-12(17)9-4-5-11(18-3)10(14)6-9/h4-6H,1-3H3,(H,15,16,17). The second-order valence-corrected chi connectivity index (χ2v) is 6.02. The molecule has 0 saturated carbocycles. The Morgan fingerprint density at radius 3 is 2.68 bits per heavy atom. The number of hydrogen-bond donors (Lipinski definition) is 1. The van der Waals surface area contributed by atoms with Crippen molar-refractivity contribution in [2.24, 2.45) is 0 Å². The Labute approximate surface area is 124 Å². The highest BCUT2D eigenvalue weighted by atomic mass is 79.9. The van der Waals surface area contributed by atoms with Crippen LogP contribution in [0.2, 0.25) is 0 Å². The van der Waals surface area contributed by atoms with Gasteiger partial charge in [0.2, 0.25) is 0 Å². The summed E-state index contributed by atoms with van der Waals surface area (Å²) in [5.41, 5.74) is 1.49. The fraction of sp³-hybridized carbons (Fsp3) is 0.231. The molecule has 1 heterocycles. The summed E-state index contributed by atoms with van der Waals surface area (Å²) in [6.07, 6.45) is 0. The highest BCUT2D eigenvalue weighted by Gasteiger charge is 2.11. The van der Waals surface area contributed by atoms with Crippen molar-refractivity contribution >= 4 is 38.3 Å². The van der Waals surface area contributed by atoms with E-state index in [0.717, 1.165) is 15.0 Å². The quantitative estimate of drug-likeness (QED) is 0.924. The molecule has 0 radical (unpaired) electrons. The van der Waals surface area contributed by atoms with Crippen molar-refractivity contribution < 1.29 is 9.53 Å². The van der Waals surface area contributed by atoms with E-state index in [1.54, 1.807) is 25.3 Å². The van der Waals surface area contributed by atoms with E-state index >= 15 is 0 Å². The van der Waals surface area contributed by atoms with Crippen LogP contribution in [0, 0.1) is 13.8 Å². The predicted molar refractivity (Wildman–Crippen MR) is 80.2 cm³/mol. The van der Waals surface area contributed by atoms with Crippen LogP contribution in [0.4, 0.5) is 5.13 Å². The summed E-state index contributed by atoms with van der Waals surface area (Å²) in [6, 6.07) is 5.19. The molecule has 100 valence electrons.